The van der Waals surface area contributed by atoms with Gasteiger partial charge in [0.2, 0.25) is 0 Å². The van der Waals surface area contributed by atoms with Crippen molar-refractivity contribution in [2.75, 3.05) is 0 Å². The highest BCUT2D eigenvalue weighted by Gasteiger charge is 2.13. The van der Waals surface area contributed by atoms with Crippen LogP contribution in [0.3, 0.4) is 0 Å². The third-order valence-corrected chi connectivity index (χ3v) is 4.61. The van der Waals surface area contributed by atoms with E-state index < -0.39 is 0 Å². The van der Waals surface area contributed by atoms with Crippen LogP contribution in [-0.2, 0) is 0 Å². The van der Waals surface area contributed by atoms with Crippen LogP contribution in [0.4, 0.5) is 0 Å². The molecule has 0 bridgehead atoms. The van der Waals surface area contributed by atoms with Crippen molar-refractivity contribution < 1.29 is 9.84 Å². The number of ether oxygens (including phenoxy) is 1. The Labute approximate surface area is 165 Å². The van der Waals surface area contributed by atoms with Gasteiger partial charge in [-0.25, -0.2) is 4.98 Å². The Balaban J connectivity index is 1.76. The van der Waals surface area contributed by atoms with Gasteiger partial charge in [0.1, 0.15) is 22.7 Å². The highest BCUT2D eigenvalue weighted by atomic mass is 16.5. The van der Waals surface area contributed by atoms with Gasteiger partial charge in [0.25, 0.3) is 0 Å². The van der Waals surface area contributed by atoms with Crippen molar-refractivity contribution in [1.29, 1.82) is 0 Å². The first-order valence-corrected chi connectivity index (χ1v) is 9.37. The van der Waals surface area contributed by atoms with E-state index in [0.29, 0.717) is 0 Å². The number of aryl methyl sites for hydroxylation is 1. The van der Waals surface area contributed by atoms with Crippen LogP contribution in [0, 0.1) is 6.92 Å². The minimum atomic E-state index is -0.221. The first-order valence-electron chi connectivity index (χ1n) is 9.37. The number of rotatable bonds is 3. The van der Waals surface area contributed by atoms with Crippen LogP contribution in [0.15, 0.2) is 67.0 Å². The number of phenols is 1. The number of nitrogens with zero attached hydrogens (tertiary/aromatic N) is 2. The summed E-state index contributed by atoms with van der Waals surface area (Å²) in [6, 6.07) is 17.5. The lowest BCUT2D eigenvalue weighted by Crippen LogP contribution is -2.22. The number of hydrogen-bond donors (Lipinski definition) is 1. The molecule has 0 saturated heterocycles. The quantitative estimate of drug-likeness (QED) is 0.490. The largest absolute Gasteiger partial charge is 0.508 e. The molecule has 0 radical (unpaired) electrons. The van der Waals surface area contributed by atoms with Crippen molar-refractivity contribution in [3.05, 3.63) is 72.6 Å². The number of aromatic nitrogens is 2. The van der Waals surface area contributed by atoms with E-state index in [1.54, 1.807) is 12.1 Å². The molecule has 1 N–H and O–H groups in total. The van der Waals surface area contributed by atoms with E-state index in [2.05, 4.69) is 40.7 Å². The molecule has 0 aliphatic heterocycles. The predicted molar refractivity (Wildman–Crippen MR) is 113 cm³/mol. The van der Waals surface area contributed by atoms with Crippen LogP contribution in [-0.4, -0.2) is 20.1 Å². The third-order valence-electron chi connectivity index (χ3n) is 4.61. The Kier molecular flexibility index (Phi) is 4.34. The van der Waals surface area contributed by atoms with Crippen LogP contribution in [0.1, 0.15) is 26.3 Å². The molecule has 2 aromatic heterocycles. The summed E-state index contributed by atoms with van der Waals surface area (Å²) in [7, 11) is 0. The van der Waals surface area contributed by atoms with Gasteiger partial charge in [0, 0.05) is 17.3 Å². The van der Waals surface area contributed by atoms with Crippen LogP contribution >= 0.6 is 0 Å². The molecule has 0 atom stereocenters. The van der Waals surface area contributed by atoms with Crippen LogP contribution < -0.4 is 4.74 Å². The molecule has 4 heteroatoms. The highest BCUT2D eigenvalue weighted by Crippen LogP contribution is 2.30. The molecular formula is C24H24N2O2. The van der Waals surface area contributed by atoms with Crippen molar-refractivity contribution in [2.45, 2.75) is 33.3 Å². The Morgan fingerprint density at radius 3 is 2.21 bits per heavy atom. The monoisotopic (exact) mass is 372 g/mol. The number of phenolic OH excluding ortho intramolecular Hbond substituents is 1. The second-order valence-electron chi connectivity index (χ2n) is 8.03. The van der Waals surface area contributed by atoms with Gasteiger partial charge in [-0.3, -0.25) is 4.40 Å². The molecule has 4 nitrogen and oxygen atoms in total. The molecule has 0 amide bonds. The fourth-order valence-electron chi connectivity index (χ4n) is 3.32. The maximum absolute atomic E-state index is 9.57. The molecule has 0 unspecified atom stereocenters. The number of aromatic hydroxyl groups is 1. The molecule has 0 aliphatic carbocycles. The number of hydrogen-bond acceptors (Lipinski definition) is 3. The van der Waals surface area contributed by atoms with Crippen molar-refractivity contribution >= 4 is 5.65 Å². The molecule has 2 aromatic carbocycles. The molecule has 2 heterocycles. The zero-order valence-electron chi connectivity index (χ0n) is 16.6. The SMILES string of the molecule is Cc1cc2ncc(-c3ccc(OC(C)(C)C)cc3)n2cc1-c1ccc(O)cc1. The van der Waals surface area contributed by atoms with Gasteiger partial charge in [-0.1, -0.05) is 12.1 Å². The lowest BCUT2D eigenvalue weighted by atomic mass is 10.0. The summed E-state index contributed by atoms with van der Waals surface area (Å²) in [4.78, 5) is 4.58. The smallest absolute Gasteiger partial charge is 0.137 e. The molecule has 4 aromatic rings. The van der Waals surface area contributed by atoms with E-state index in [-0.39, 0.29) is 11.4 Å². The number of imidazole rings is 1. The van der Waals surface area contributed by atoms with E-state index in [9.17, 15) is 5.11 Å². The average molecular weight is 372 g/mol. The summed E-state index contributed by atoms with van der Waals surface area (Å²) in [6.45, 7) is 8.20. The first kappa shape index (κ1) is 18.1. The molecule has 0 spiro atoms. The Morgan fingerprint density at radius 2 is 1.57 bits per heavy atom. The van der Waals surface area contributed by atoms with Crippen molar-refractivity contribution in [2.24, 2.45) is 0 Å². The van der Waals surface area contributed by atoms with Crippen molar-refractivity contribution in [1.82, 2.24) is 9.38 Å². The third kappa shape index (κ3) is 3.58. The van der Waals surface area contributed by atoms with Crippen molar-refractivity contribution in [3.8, 4) is 33.9 Å². The van der Waals surface area contributed by atoms with E-state index in [1.807, 2.05) is 51.2 Å². The minimum Gasteiger partial charge on any atom is -0.508 e. The average Bonchev–Trinajstić information content (AvgIpc) is 3.04. The summed E-state index contributed by atoms with van der Waals surface area (Å²) in [5.74, 6) is 1.12. The van der Waals surface area contributed by atoms with Gasteiger partial charge in [-0.2, -0.15) is 0 Å². The highest BCUT2D eigenvalue weighted by molar-refractivity contribution is 5.72. The normalized spacial score (nSPS) is 11.7. The Hall–Kier alpha value is -3.27. The number of pyridine rings is 1. The minimum absolute atomic E-state index is 0.221. The van der Waals surface area contributed by atoms with Gasteiger partial charge in [-0.15, -0.1) is 0 Å². The Bertz CT molecular complexity index is 1120. The topological polar surface area (TPSA) is 46.8 Å². The number of benzene rings is 2. The molecule has 0 fully saturated rings. The zero-order chi connectivity index (χ0) is 19.9. The summed E-state index contributed by atoms with van der Waals surface area (Å²) in [5, 5.41) is 9.57. The lowest BCUT2D eigenvalue weighted by Gasteiger charge is -2.21. The standard InChI is InChI=1S/C24H24N2O2/c1-16-13-23-25-14-22(18-7-11-20(12-8-18)28-24(2,3)4)26(23)15-21(16)17-5-9-19(27)10-6-17/h5-15,27H,1-4H3. The van der Waals surface area contributed by atoms with Crippen LogP contribution in [0.25, 0.3) is 28.0 Å². The van der Waals surface area contributed by atoms with E-state index in [0.717, 1.165) is 39.3 Å². The van der Waals surface area contributed by atoms with Gasteiger partial charge in [-0.05, 0) is 81.3 Å². The van der Waals surface area contributed by atoms with Crippen LogP contribution in [0.2, 0.25) is 0 Å². The van der Waals surface area contributed by atoms with Crippen molar-refractivity contribution in [3.63, 3.8) is 0 Å². The number of fused-ring (bicyclic) bond motifs is 1. The van der Waals surface area contributed by atoms with E-state index >= 15 is 0 Å². The first-order chi connectivity index (χ1) is 13.3. The maximum Gasteiger partial charge on any atom is 0.137 e. The zero-order valence-corrected chi connectivity index (χ0v) is 16.6. The second-order valence-corrected chi connectivity index (χ2v) is 8.03. The molecule has 28 heavy (non-hydrogen) atoms. The molecule has 0 aliphatic rings. The maximum atomic E-state index is 9.57. The summed E-state index contributed by atoms with van der Waals surface area (Å²) in [6.07, 6.45) is 4.01. The lowest BCUT2D eigenvalue weighted by molar-refractivity contribution is 0.131. The van der Waals surface area contributed by atoms with Crippen LogP contribution in [0.5, 0.6) is 11.5 Å². The fraction of sp³-hybridized carbons (Fsp3) is 0.208. The van der Waals surface area contributed by atoms with Gasteiger partial charge >= 0.3 is 0 Å². The van der Waals surface area contributed by atoms with Gasteiger partial charge in [0.15, 0.2) is 0 Å². The second kappa shape index (κ2) is 6.71. The van der Waals surface area contributed by atoms with Gasteiger partial charge < -0.3 is 9.84 Å². The molecular weight excluding hydrogens is 348 g/mol. The van der Waals surface area contributed by atoms with Gasteiger partial charge in [0.05, 0.1) is 11.9 Å². The summed E-state index contributed by atoms with van der Waals surface area (Å²) < 4.78 is 8.03. The van der Waals surface area contributed by atoms with E-state index in [1.165, 1.54) is 0 Å². The molecule has 142 valence electrons. The molecule has 4 rings (SSSR count). The summed E-state index contributed by atoms with van der Waals surface area (Å²) in [5.41, 5.74) is 6.10. The van der Waals surface area contributed by atoms with E-state index in [4.69, 9.17) is 4.74 Å². The predicted octanol–water partition coefficient (Wildman–Crippen LogP) is 5.86. The Morgan fingerprint density at radius 1 is 0.929 bits per heavy atom. The molecule has 0 saturated carbocycles. The fourth-order valence-corrected chi connectivity index (χ4v) is 3.32. The summed E-state index contributed by atoms with van der Waals surface area (Å²) >= 11 is 0.